The molecule has 38 heavy (non-hydrogen) atoms. The first-order valence-electron chi connectivity index (χ1n) is 12.4. The van der Waals surface area contributed by atoms with Crippen LogP contribution in [0, 0.1) is 6.57 Å². The molecule has 0 radical (unpaired) electrons. The average molecular weight is 530 g/mol. The Morgan fingerprint density at radius 1 is 1.18 bits per heavy atom. The van der Waals surface area contributed by atoms with E-state index in [2.05, 4.69) is 31.3 Å². The minimum atomic E-state index is -4.74. The maximum absolute atomic E-state index is 12.8. The van der Waals surface area contributed by atoms with Gasteiger partial charge in [-0.2, -0.15) is 0 Å². The molecule has 3 heterocycles. The van der Waals surface area contributed by atoms with E-state index in [9.17, 15) is 18.0 Å². The first-order chi connectivity index (χ1) is 18.0. The van der Waals surface area contributed by atoms with Gasteiger partial charge in [-0.25, -0.2) is 0 Å². The number of nitrogens with zero attached hydrogens (tertiary/aromatic N) is 5. The summed E-state index contributed by atoms with van der Waals surface area (Å²) in [6.45, 7) is 15.5. The zero-order valence-corrected chi connectivity index (χ0v) is 21.7. The topological polar surface area (TPSA) is 64.2 Å². The summed E-state index contributed by atoms with van der Waals surface area (Å²) in [6.07, 6.45) is -4.74. The number of piperazine rings is 1. The third kappa shape index (κ3) is 5.76. The number of benzene rings is 1. The summed E-state index contributed by atoms with van der Waals surface area (Å²) in [5.74, 6) is -0.0116. The van der Waals surface area contributed by atoms with Crippen LogP contribution in [0.3, 0.4) is 0 Å². The van der Waals surface area contributed by atoms with Crippen molar-refractivity contribution >= 4 is 22.5 Å². The van der Waals surface area contributed by atoms with Crippen LogP contribution in [0.1, 0.15) is 32.4 Å². The van der Waals surface area contributed by atoms with Crippen LogP contribution in [0.25, 0.3) is 15.9 Å². The Labute approximate surface area is 219 Å². The lowest BCUT2D eigenvalue weighted by molar-refractivity contribution is -0.274. The van der Waals surface area contributed by atoms with Gasteiger partial charge in [0.1, 0.15) is 5.75 Å². The Balaban J connectivity index is 1.66. The Morgan fingerprint density at radius 3 is 2.53 bits per heavy atom. The van der Waals surface area contributed by atoms with Gasteiger partial charge in [-0.15, -0.1) is 18.2 Å². The molecule has 1 unspecified atom stereocenters. The van der Waals surface area contributed by atoms with Gasteiger partial charge in [0, 0.05) is 44.9 Å². The number of aromatic nitrogens is 2. The molecular weight excluding hydrogens is 499 g/mol. The van der Waals surface area contributed by atoms with Crippen molar-refractivity contribution in [3.8, 4) is 5.75 Å². The van der Waals surface area contributed by atoms with Crippen molar-refractivity contribution in [1.29, 1.82) is 0 Å². The van der Waals surface area contributed by atoms with E-state index < -0.39 is 6.36 Å². The van der Waals surface area contributed by atoms with Crippen molar-refractivity contribution in [2.24, 2.45) is 7.05 Å². The van der Waals surface area contributed by atoms with Gasteiger partial charge >= 0.3 is 6.36 Å². The van der Waals surface area contributed by atoms with E-state index >= 15 is 0 Å². The van der Waals surface area contributed by atoms with E-state index in [1.165, 1.54) is 16.7 Å². The van der Waals surface area contributed by atoms with E-state index in [0.717, 1.165) is 5.56 Å². The quantitative estimate of drug-likeness (QED) is 0.399. The van der Waals surface area contributed by atoms with Gasteiger partial charge in [0.2, 0.25) is 5.52 Å². The van der Waals surface area contributed by atoms with Gasteiger partial charge in [-0.05, 0) is 50.6 Å². The first-order valence-corrected chi connectivity index (χ1v) is 12.4. The number of anilines is 1. The summed E-state index contributed by atoms with van der Waals surface area (Å²) in [6, 6.07) is 10.6. The highest BCUT2D eigenvalue weighted by molar-refractivity contribution is 5.89. The highest BCUT2D eigenvalue weighted by Crippen LogP contribution is 2.34. The second kappa shape index (κ2) is 11.0. The first kappa shape index (κ1) is 27.4. The van der Waals surface area contributed by atoms with Crippen molar-refractivity contribution in [1.82, 2.24) is 14.5 Å². The van der Waals surface area contributed by atoms with Gasteiger partial charge in [0.25, 0.3) is 11.4 Å². The fourth-order valence-electron chi connectivity index (χ4n) is 5.00. The van der Waals surface area contributed by atoms with Crippen LogP contribution in [0.15, 0.2) is 47.3 Å². The monoisotopic (exact) mass is 529 g/mol. The minimum absolute atomic E-state index is 0.0307. The third-order valence-electron chi connectivity index (χ3n) is 6.97. The van der Waals surface area contributed by atoms with E-state index in [0.29, 0.717) is 43.0 Å². The molecular formula is C27H30F3N5O3. The van der Waals surface area contributed by atoms with Crippen molar-refractivity contribution in [2.75, 3.05) is 31.2 Å². The molecule has 0 spiro atoms. The van der Waals surface area contributed by atoms with Crippen LogP contribution in [0.5, 0.6) is 5.75 Å². The van der Waals surface area contributed by atoms with Crippen molar-refractivity contribution in [2.45, 2.75) is 45.3 Å². The molecule has 3 aromatic rings. The maximum Gasteiger partial charge on any atom is 0.573 e. The molecule has 0 aliphatic carbocycles. The fourth-order valence-corrected chi connectivity index (χ4v) is 5.00. The fraction of sp³-hybridized carbons (Fsp3) is 0.444. The molecule has 0 bridgehead atoms. The predicted molar refractivity (Wildman–Crippen MR) is 139 cm³/mol. The number of halogens is 3. The molecule has 0 N–H and O–H groups in total. The standard InChI is InChI=1S/C27H30F3N5O3/c1-6-37-16-20-15-34(23-13-25(36)33(5)22-11-12-24(31-4)32-26(22)23)17(2)14-35(20)18(3)19-7-9-21(10-8-19)38-27(28,29)30/h7-13,17-18,20H,6,14-16H2,1-3,5H3/t17-,18?,20-/m0/s1. The summed E-state index contributed by atoms with van der Waals surface area (Å²) >= 11 is 0. The Morgan fingerprint density at radius 2 is 1.89 bits per heavy atom. The molecule has 4 rings (SSSR count). The summed E-state index contributed by atoms with van der Waals surface area (Å²) in [5, 5.41) is 0. The molecule has 0 saturated carbocycles. The number of hydrogen-bond acceptors (Lipinski definition) is 6. The molecule has 3 atom stereocenters. The molecule has 2 aromatic heterocycles. The third-order valence-corrected chi connectivity index (χ3v) is 6.97. The van der Waals surface area contributed by atoms with Gasteiger partial charge in [0.15, 0.2) is 0 Å². The van der Waals surface area contributed by atoms with Crippen LogP contribution < -0.4 is 15.2 Å². The Hall–Kier alpha value is -3.62. The highest BCUT2D eigenvalue weighted by Gasteiger charge is 2.37. The van der Waals surface area contributed by atoms with Crippen molar-refractivity contribution < 1.29 is 22.6 Å². The molecule has 1 aliphatic rings. The maximum atomic E-state index is 12.8. The summed E-state index contributed by atoms with van der Waals surface area (Å²) in [4.78, 5) is 25.2. The summed E-state index contributed by atoms with van der Waals surface area (Å²) in [5.41, 5.74) is 2.58. The number of rotatable bonds is 7. The lowest BCUT2D eigenvalue weighted by Crippen LogP contribution is -2.59. The van der Waals surface area contributed by atoms with E-state index in [-0.39, 0.29) is 35.3 Å². The van der Waals surface area contributed by atoms with E-state index in [4.69, 9.17) is 11.3 Å². The van der Waals surface area contributed by atoms with Gasteiger partial charge < -0.3 is 23.8 Å². The number of fused-ring (bicyclic) bond motifs is 1. The second-order valence-electron chi connectivity index (χ2n) is 9.38. The highest BCUT2D eigenvalue weighted by atomic mass is 19.4. The lowest BCUT2D eigenvalue weighted by Gasteiger charge is -2.48. The van der Waals surface area contributed by atoms with E-state index in [1.54, 1.807) is 37.4 Å². The second-order valence-corrected chi connectivity index (χ2v) is 9.38. The number of hydrogen-bond donors (Lipinski definition) is 0. The predicted octanol–water partition coefficient (Wildman–Crippen LogP) is 5.06. The molecule has 1 fully saturated rings. The van der Waals surface area contributed by atoms with Crippen molar-refractivity contribution in [3.63, 3.8) is 0 Å². The molecule has 1 aromatic carbocycles. The van der Waals surface area contributed by atoms with Gasteiger partial charge in [0.05, 0.1) is 23.9 Å². The minimum Gasteiger partial charge on any atom is -0.406 e. The van der Waals surface area contributed by atoms with Crippen LogP contribution in [0.2, 0.25) is 0 Å². The number of alkyl halides is 3. The van der Waals surface area contributed by atoms with E-state index in [1.807, 2.05) is 13.8 Å². The number of aryl methyl sites for hydroxylation is 1. The molecule has 8 nitrogen and oxygen atoms in total. The molecule has 1 aliphatic heterocycles. The van der Waals surface area contributed by atoms with Crippen LogP contribution in [-0.2, 0) is 11.8 Å². The Bertz CT molecular complexity index is 1380. The van der Waals surface area contributed by atoms with Crippen LogP contribution >= 0.6 is 0 Å². The average Bonchev–Trinajstić information content (AvgIpc) is 2.88. The van der Waals surface area contributed by atoms with Crippen LogP contribution in [-0.4, -0.2) is 59.2 Å². The normalized spacial score (nSPS) is 19.4. The summed E-state index contributed by atoms with van der Waals surface area (Å²) < 4.78 is 49.1. The van der Waals surface area contributed by atoms with Crippen LogP contribution in [0.4, 0.5) is 24.7 Å². The molecule has 0 amide bonds. The van der Waals surface area contributed by atoms with Gasteiger partial charge in [-0.3, -0.25) is 9.69 Å². The van der Waals surface area contributed by atoms with Gasteiger partial charge in [-0.1, -0.05) is 18.7 Å². The zero-order chi connectivity index (χ0) is 27.6. The molecule has 1 saturated heterocycles. The molecule has 11 heteroatoms. The largest absolute Gasteiger partial charge is 0.573 e. The van der Waals surface area contributed by atoms with Crippen molar-refractivity contribution in [3.05, 3.63) is 69.8 Å². The number of ether oxygens (including phenoxy) is 2. The number of pyridine rings is 2. The molecule has 202 valence electrons. The SMILES string of the molecule is [C-]#[N+]c1ccc2c(n1)c(N1C[C@@H](COCC)N(C(C)c3ccc(OC(F)(F)F)cc3)C[C@@H]1C)cc(=O)n2C. The summed E-state index contributed by atoms with van der Waals surface area (Å²) in [7, 11) is 1.68. The lowest BCUT2D eigenvalue weighted by atomic mass is 9.99. The zero-order valence-electron chi connectivity index (χ0n) is 21.7. The smallest absolute Gasteiger partial charge is 0.406 e. The Kier molecular flexibility index (Phi) is 7.94.